The normalized spacial score (nSPS) is 18.4. The third kappa shape index (κ3) is 4.47. The van der Waals surface area contributed by atoms with Crippen molar-refractivity contribution in [2.24, 2.45) is 0 Å². The minimum absolute atomic E-state index is 0.0879. The second kappa shape index (κ2) is 7.47. The molecule has 1 atom stereocenters. The van der Waals surface area contributed by atoms with E-state index in [0.29, 0.717) is 12.6 Å². The maximum absolute atomic E-state index is 11.4. The number of aryl methyl sites for hydroxylation is 1. The summed E-state index contributed by atoms with van der Waals surface area (Å²) in [6.07, 6.45) is 5.58. The number of carbonyl (C=O) groups excluding carboxylic acids is 1. The van der Waals surface area contributed by atoms with Gasteiger partial charge in [0.05, 0.1) is 17.9 Å². The summed E-state index contributed by atoms with van der Waals surface area (Å²) in [7, 11) is 1.68. The number of piperidine rings is 1. The lowest BCUT2D eigenvalue weighted by molar-refractivity contribution is -0.122. The zero-order valence-corrected chi connectivity index (χ0v) is 13.1. The molecule has 0 saturated carbocycles. The summed E-state index contributed by atoms with van der Waals surface area (Å²) in [4.78, 5) is 22.3. The fourth-order valence-electron chi connectivity index (χ4n) is 2.82. The first-order valence-electron chi connectivity index (χ1n) is 7.56. The van der Waals surface area contributed by atoms with Crippen LogP contribution in [0.4, 0.5) is 0 Å². The van der Waals surface area contributed by atoms with Crippen LogP contribution in [0.5, 0.6) is 0 Å². The molecule has 2 rings (SSSR count). The first-order valence-corrected chi connectivity index (χ1v) is 7.56. The Morgan fingerprint density at radius 1 is 1.38 bits per heavy atom. The number of aromatic nitrogens is 2. The number of nitrogens with zero attached hydrogens (tertiary/aromatic N) is 3. The molecule has 0 bridgehead atoms. The van der Waals surface area contributed by atoms with Gasteiger partial charge in [0, 0.05) is 44.6 Å². The molecule has 0 radical (unpaired) electrons. The molecule has 0 spiro atoms. The largest absolute Gasteiger partial charge is 0.358 e. The smallest absolute Gasteiger partial charge is 0.233 e. The van der Waals surface area contributed by atoms with E-state index in [9.17, 15) is 4.79 Å². The number of likely N-dealkylation sites (tertiary alicyclic amines) is 1. The summed E-state index contributed by atoms with van der Waals surface area (Å²) in [5, 5.41) is 6.31. The van der Waals surface area contributed by atoms with Crippen LogP contribution in [0.3, 0.4) is 0 Å². The Bertz CT molecular complexity index is 471. The molecule has 0 aromatic carbocycles. The number of rotatable bonds is 5. The van der Waals surface area contributed by atoms with E-state index < -0.39 is 0 Å². The second-order valence-corrected chi connectivity index (χ2v) is 5.64. The molecule has 1 aliphatic rings. The molecule has 1 aromatic heterocycles. The van der Waals surface area contributed by atoms with Crippen LogP contribution >= 0.6 is 0 Å². The molecule has 1 aromatic rings. The van der Waals surface area contributed by atoms with Gasteiger partial charge < -0.3 is 10.6 Å². The van der Waals surface area contributed by atoms with Gasteiger partial charge in [0.15, 0.2) is 0 Å². The zero-order valence-electron chi connectivity index (χ0n) is 13.1. The first kappa shape index (κ1) is 15.9. The third-order valence-electron chi connectivity index (χ3n) is 4.05. The first-order chi connectivity index (χ1) is 10.1. The van der Waals surface area contributed by atoms with Crippen molar-refractivity contribution in [3.05, 3.63) is 23.8 Å². The van der Waals surface area contributed by atoms with E-state index in [1.165, 1.54) is 0 Å². The lowest BCUT2D eigenvalue weighted by atomic mass is 10.0. The van der Waals surface area contributed by atoms with Gasteiger partial charge >= 0.3 is 0 Å². The van der Waals surface area contributed by atoms with Crippen LogP contribution in [0.25, 0.3) is 0 Å². The molecule has 21 heavy (non-hydrogen) atoms. The Morgan fingerprint density at radius 3 is 2.67 bits per heavy atom. The van der Waals surface area contributed by atoms with Crippen LogP contribution in [0.2, 0.25) is 0 Å². The molecule has 1 unspecified atom stereocenters. The van der Waals surface area contributed by atoms with Crippen molar-refractivity contribution >= 4 is 5.91 Å². The van der Waals surface area contributed by atoms with Crippen molar-refractivity contribution in [3.63, 3.8) is 0 Å². The molecule has 116 valence electrons. The van der Waals surface area contributed by atoms with Crippen molar-refractivity contribution in [1.82, 2.24) is 25.5 Å². The fraction of sp³-hybridized carbons (Fsp3) is 0.667. The lowest BCUT2D eigenvalue weighted by Gasteiger charge is -2.33. The van der Waals surface area contributed by atoms with Crippen LogP contribution in [0.15, 0.2) is 12.4 Å². The van der Waals surface area contributed by atoms with Gasteiger partial charge in [-0.2, -0.15) is 0 Å². The lowest BCUT2D eigenvalue weighted by Crippen LogP contribution is -2.46. The Balaban J connectivity index is 1.81. The van der Waals surface area contributed by atoms with Gasteiger partial charge in [-0.15, -0.1) is 0 Å². The molecular weight excluding hydrogens is 266 g/mol. The maximum atomic E-state index is 11.4. The third-order valence-corrected chi connectivity index (χ3v) is 4.05. The van der Waals surface area contributed by atoms with Crippen molar-refractivity contribution in [1.29, 1.82) is 0 Å². The van der Waals surface area contributed by atoms with E-state index in [2.05, 4.69) is 32.4 Å². The Hall–Kier alpha value is -1.53. The molecule has 6 heteroatoms. The van der Waals surface area contributed by atoms with Crippen LogP contribution in [-0.2, 0) is 4.79 Å². The number of carbonyl (C=O) groups is 1. The van der Waals surface area contributed by atoms with Gasteiger partial charge in [0.2, 0.25) is 5.91 Å². The number of nitrogens with one attached hydrogen (secondary N) is 2. The highest BCUT2D eigenvalue weighted by Crippen LogP contribution is 2.17. The molecule has 1 amide bonds. The van der Waals surface area contributed by atoms with E-state index in [-0.39, 0.29) is 11.9 Å². The highest BCUT2D eigenvalue weighted by molar-refractivity contribution is 5.77. The van der Waals surface area contributed by atoms with Gasteiger partial charge in [-0.25, -0.2) is 0 Å². The average molecular weight is 291 g/mol. The highest BCUT2D eigenvalue weighted by atomic mass is 16.1. The minimum Gasteiger partial charge on any atom is -0.358 e. The fourth-order valence-corrected chi connectivity index (χ4v) is 2.82. The molecular formula is C15H25N5O. The van der Waals surface area contributed by atoms with E-state index in [1.54, 1.807) is 19.4 Å². The van der Waals surface area contributed by atoms with Crippen LogP contribution < -0.4 is 10.6 Å². The van der Waals surface area contributed by atoms with Gasteiger partial charge in [-0.1, -0.05) is 0 Å². The summed E-state index contributed by atoms with van der Waals surface area (Å²) >= 11 is 0. The van der Waals surface area contributed by atoms with E-state index in [4.69, 9.17) is 0 Å². The molecule has 2 N–H and O–H groups in total. The molecule has 1 saturated heterocycles. The molecule has 1 fully saturated rings. The average Bonchev–Trinajstić information content (AvgIpc) is 2.49. The van der Waals surface area contributed by atoms with Gasteiger partial charge in [-0.3, -0.25) is 19.7 Å². The second-order valence-electron chi connectivity index (χ2n) is 5.64. The monoisotopic (exact) mass is 291 g/mol. The van der Waals surface area contributed by atoms with Crippen molar-refractivity contribution in [2.75, 3.05) is 26.7 Å². The van der Waals surface area contributed by atoms with E-state index in [1.807, 2.05) is 6.92 Å². The number of amides is 1. The summed E-state index contributed by atoms with van der Waals surface area (Å²) < 4.78 is 0. The van der Waals surface area contributed by atoms with E-state index >= 15 is 0 Å². The Labute approximate surface area is 126 Å². The standard InChI is InChI=1S/C15H25N5O/c1-11-15(18-7-6-17-11)12(2)19-13-4-8-20(9-5-13)10-14(21)16-3/h6-7,12-13,19H,4-5,8-10H2,1-3H3,(H,16,21). The highest BCUT2D eigenvalue weighted by Gasteiger charge is 2.22. The molecule has 1 aliphatic heterocycles. The van der Waals surface area contributed by atoms with E-state index in [0.717, 1.165) is 37.3 Å². The number of hydrogen-bond donors (Lipinski definition) is 2. The topological polar surface area (TPSA) is 70.2 Å². The Morgan fingerprint density at radius 2 is 2.05 bits per heavy atom. The number of hydrogen-bond acceptors (Lipinski definition) is 5. The van der Waals surface area contributed by atoms with Gasteiger partial charge in [0.1, 0.15) is 0 Å². The van der Waals surface area contributed by atoms with Crippen LogP contribution in [0, 0.1) is 6.92 Å². The molecule has 6 nitrogen and oxygen atoms in total. The molecule has 2 heterocycles. The number of likely N-dealkylation sites (N-methyl/N-ethyl adjacent to an activating group) is 1. The van der Waals surface area contributed by atoms with Gasteiger partial charge in [-0.05, 0) is 26.7 Å². The summed E-state index contributed by atoms with van der Waals surface area (Å²) in [5.74, 6) is 0.0879. The predicted molar refractivity (Wildman–Crippen MR) is 81.8 cm³/mol. The SMILES string of the molecule is CNC(=O)CN1CCC(NC(C)c2nccnc2C)CC1. The maximum Gasteiger partial charge on any atom is 0.233 e. The summed E-state index contributed by atoms with van der Waals surface area (Å²) in [6.45, 7) is 6.54. The zero-order chi connectivity index (χ0) is 15.2. The van der Waals surface area contributed by atoms with Crippen LogP contribution in [-0.4, -0.2) is 53.5 Å². The quantitative estimate of drug-likeness (QED) is 0.833. The minimum atomic E-state index is 0.0879. The summed E-state index contributed by atoms with van der Waals surface area (Å²) in [6, 6.07) is 0.677. The van der Waals surface area contributed by atoms with Gasteiger partial charge in [0.25, 0.3) is 0 Å². The van der Waals surface area contributed by atoms with Crippen molar-refractivity contribution < 1.29 is 4.79 Å². The molecule has 0 aliphatic carbocycles. The van der Waals surface area contributed by atoms with Crippen molar-refractivity contribution in [3.8, 4) is 0 Å². The van der Waals surface area contributed by atoms with Crippen LogP contribution in [0.1, 0.15) is 37.2 Å². The predicted octanol–water partition coefficient (Wildman–Crippen LogP) is 0.646. The summed E-state index contributed by atoms with van der Waals surface area (Å²) in [5.41, 5.74) is 2.00. The Kier molecular flexibility index (Phi) is 5.64. The van der Waals surface area contributed by atoms with Crippen molar-refractivity contribution in [2.45, 2.75) is 38.8 Å².